The van der Waals surface area contributed by atoms with Crippen molar-refractivity contribution in [3.63, 3.8) is 0 Å². The molecule has 2 aromatic rings. The van der Waals surface area contributed by atoms with Gasteiger partial charge in [0.25, 0.3) is 10.0 Å². The fraction of sp³-hybridized carbons (Fsp3) is 0.250. The summed E-state index contributed by atoms with van der Waals surface area (Å²) in [6.07, 6.45) is 3.50. The molecule has 102 valence electrons. The number of aromatic amines is 1. The van der Waals surface area contributed by atoms with E-state index in [-0.39, 0.29) is 4.90 Å². The van der Waals surface area contributed by atoms with E-state index in [0.717, 1.165) is 6.42 Å². The quantitative estimate of drug-likeness (QED) is 0.848. The maximum atomic E-state index is 11.9. The zero-order valence-electron chi connectivity index (χ0n) is 10.5. The van der Waals surface area contributed by atoms with Crippen molar-refractivity contribution in [3.8, 4) is 5.75 Å². The third-order valence-electron chi connectivity index (χ3n) is 2.36. The number of rotatable bonds is 6. The zero-order chi connectivity index (χ0) is 13.7. The van der Waals surface area contributed by atoms with Gasteiger partial charge in [0.15, 0.2) is 0 Å². The van der Waals surface area contributed by atoms with E-state index in [4.69, 9.17) is 4.74 Å². The third kappa shape index (κ3) is 3.47. The lowest BCUT2D eigenvalue weighted by Gasteiger charge is -2.08. The van der Waals surface area contributed by atoms with Crippen molar-refractivity contribution < 1.29 is 13.2 Å². The number of ether oxygens (including phenoxy) is 1. The summed E-state index contributed by atoms with van der Waals surface area (Å²) in [5.74, 6) is 0.716. The molecule has 0 bridgehead atoms. The monoisotopic (exact) mass is 281 g/mol. The molecule has 1 aromatic heterocycles. The second-order valence-corrected chi connectivity index (χ2v) is 5.59. The van der Waals surface area contributed by atoms with Gasteiger partial charge in [0.2, 0.25) is 0 Å². The zero-order valence-corrected chi connectivity index (χ0v) is 11.3. The summed E-state index contributed by atoms with van der Waals surface area (Å²) >= 11 is 0. The standard InChI is InChI=1S/C12H15N3O3S/c1-2-7-18-11-5-3-10(4-6-11)15-19(16,17)12-8-13-14-9-12/h3-6,8-9,15H,2,7H2,1H3,(H,13,14). The number of nitrogens with one attached hydrogen (secondary N) is 2. The largest absolute Gasteiger partial charge is 0.494 e. The van der Waals surface area contributed by atoms with Gasteiger partial charge >= 0.3 is 0 Å². The van der Waals surface area contributed by atoms with E-state index < -0.39 is 10.0 Å². The summed E-state index contributed by atoms with van der Waals surface area (Å²) in [4.78, 5) is 0.0961. The molecule has 19 heavy (non-hydrogen) atoms. The van der Waals surface area contributed by atoms with Crippen LogP contribution in [0, 0.1) is 0 Å². The highest BCUT2D eigenvalue weighted by Crippen LogP contribution is 2.19. The maximum Gasteiger partial charge on any atom is 0.265 e. The Balaban J connectivity index is 2.07. The van der Waals surface area contributed by atoms with Crippen molar-refractivity contribution >= 4 is 15.7 Å². The van der Waals surface area contributed by atoms with Crippen LogP contribution in [0.5, 0.6) is 5.75 Å². The molecule has 2 N–H and O–H groups in total. The van der Waals surface area contributed by atoms with Gasteiger partial charge in [-0.05, 0) is 30.7 Å². The van der Waals surface area contributed by atoms with E-state index in [9.17, 15) is 8.42 Å². The molecule has 7 heteroatoms. The van der Waals surface area contributed by atoms with E-state index in [1.807, 2.05) is 6.92 Å². The molecule has 6 nitrogen and oxygen atoms in total. The molecule has 0 unspecified atom stereocenters. The Bertz CT molecular complexity index is 606. The Morgan fingerprint density at radius 3 is 2.63 bits per heavy atom. The van der Waals surface area contributed by atoms with Gasteiger partial charge in [0.1, 0.15) is 10.6 Å². The van der Waals surface area contributed by atoms with E-state index in [2.05, 4.69) is 14.9 Å². The second-order valence-electron chi connectivity index (χ2n) is 3.91. The van der Waals surface area contributed by atoms with E-state index in [1.54, 1.807) is 24.3 Å². The topological polar surface area (TPSA) is 84.1 Å². The molecule has 1 heterocycles. The van der Waals surface area contributed by atoms with E-state index in [1.165, 1.54) is 12.4 Å². The first-order valence-electron chi connectivity index (χ1n) is 5.86. The summed E-state index contributed by atoms with van der Waals surface area (Å²) in [7, 11) is -3.58. The normalized spacial score (nSPS) is 11.2. The first kappa shape index (κ1) is 13.4. The molecule has 2 rings (SSSR count). The van der Waals surface area contributed by atoms with Gasteiger partial charge in [-0.3, -0.25) is 9.82 Å². The van der Waals surface area contributed by atoms with Crippen LogP contribution >= 0.6 is 0 Å². The molecule has 0 saturated carbocycles. The van der Waals surface area contributed by atoms with Gasteiger partial charge in [-0.15, -0.1) is 0 Å². The number of H-pyrrole nitrogens is 1. The molecule has 0 atom stereocenters. The first-order valence-corrected chi connectivity index (χ1v) is 7.34. The second kappa shape index (κ2) is 5.75. The molecule has 0 aliphatic rings. The SMILES string of the molecule is CCCOc1ccc(NS(=O)(=O)c2cn[nH]c2)cc1. The van der Waals surface area contributed by atoms with E-state index in [0.29, 0.717) is 18.0 Å². The van der Waals surface area contributed by atoms with Crippen molar-refractivity contribution in [2.45, 2.75) is 18.2 Å². The number of anilines is 1. The van der Waals surface area contributed by atoms with Crippen molar-refractivity contribution in [1.29, 1.82) is 0 Å². The Morgan fingerprint density at radius 1 is 1.32 bits per heavy atom. The van der Waals surface area contributed by atoms with Crippen LogP contribution < -0.4 is 9.46 Å². The minimum Gasteiger partial charge on any atom is -0.494 e. The van der Waals surface area contributed by atoms with Gasteiger partial charge in [-0.2, -0.15) is 5.10 Å². The predicted molar refractivity (Wildman–Crippen MR) is 71.6 cm³/mol. The van der Waals surface area contributed by atoms with Gasteiger partial charge in [0.05, 0.1) is 12.8 Å². The Morgan fingerprint density at radius 2 is 2.05 bits per heavy atom. The first-order chi connectivity index (χ1) is 9.12. The lowest BCUT2D eigenvalue weighted by Crippen LogP contribution is -2.12. The molecule has 0 fully saturated rings. The van der Waals surface area contributed by atoms with Crippen LogP contribution in [0.2, 0.25) is 0 Å². The van der Waals surface area contributed by atoms with Crippen LogP contribution in [0.1, 0.15) is 13.3 Å². The highest BCUT2D eigenvalue weighted by molar-refractivity contribution is 7.92. The molecular formula is C12H15N3O3S. The number of hydrogen-bond donors (Lipinski definition) is 2. The third-order valence-corrected chi connectivity index (χ3v) is 3.71. The van der Waals surface area contributed by atoms with Gasteiger partial charge in [0, 0.05) is 11.9 Å². The van der Waals surface area contributed by atoms with Crippen molar-refractivity contribution in [1.82, 2.24) is 10.2 Å². The fourth-order valence-corrected chi connectivity index (χ4v) is 2.40. The van der Waals surface area contributed by atoms with Crippen LogP contribution in [0.4, 0.5) is 5.69 Å². The number of benzene rings is 1. The summed E-state index contributed by atoms with van der Waals surface area (Å²) < 4.78 is 31.7. The Hall–Kier alpha value is -2.02. The smallest absolute Gasteiger partial charge is 0.265 e. The molecule has 0 saturated heterocycles. The molecular weight excluding hydrogens is 266 g/mol. The van der Waals surface area contributed by atoms with E-state index >= 15 is 0 Å². The molecule has 0 amide bonds. The van der Waals surface area contributed by atoms with Crippen LogP contribution in [0.25, 0.3) is 0 Å². The van der Waals surface area contributed by atoms with Crippen molar-refractivity contribution in [2.75, 3.05) is 11.3 Å². The van der Waals surface area contributed by atoms with Gasteiger partial charge in [-0.25, -0.2) is 8.42 Å². The number of aromatic nitrogens is 2. The highest BCUT2D eigenvalue weighted by Gasteiger charge is 2.14. The fourth-order valence-electron chi connectivity index (χ4n) is 1.44. The maximum absolute atomic E-state index is 11.9. The van der Waals surface area contributed by atoms with Crippen molar-refractivity contribution in [2.24, 2.45) is 0 Å². The molecule has 0 radical (unpaired) electrons. The summed E-state index contributed by atoms with van der Waals surface area (Å²) in [5, 5.41) is 6.08. The van der Waals surface area contributed by atoms with Gasteiger partial charge in [-0.1, -0.05) is 6.92 Å². The molecule has 0 aliphatic heterocycles. The predicted octanol–water partition coefficient (Wildman–Crippen LogP) is 2.00. The Kier molecular flexibility index (Phi) is 4.06. The van der Waals surface area contributed by atoms with Crippen LogP contribution in [-0.2, 0) is 10.0 Å². The minimum absolute atomic E-state index is 0.0961. The van der Waals surface area contributed by atoms with Crippen molar-refractivity contribution in [3.05, 3.63) is 36.7 Å². The molecule has 0 aliphatic carbocycles. The average molecular weight is 281 g/mol. The summed E-state index contributed by atoms with van der Waals surface area (Å²) in [5.41, 5.74) is 0.477. The molecule has 0 spiro atoms. The summed E-state index contributed by atoms with van der Waals surface area (Å²) in [6, 6.07) is 6.76. The number of sulfonamides is 1. The Labute approximate surface area is 111 Å². The van der Waals surface area contributed by atoms with Crippen LogP contribution in [0.3, 0.4) is 0 Å². The van der Waals surface area contributed by atoms with Gasteiger partial charge < -0.3 is 4.74 Å². The average Bonchev–Trinajstić information content (AvgIpc) is 2.92. The molecule has 1 aromatic carbocycles. The highest BCUT2D eigenvalue weighted by atomic mass is 32.2. The van der Waals surface area contributed by atoms with Crippen LogP contribution in [-0.4, -0.2) is 25.2 Å². The van der Waals surface area contributed by atoms with Crippen LogP contribution in [0.15, 0.2) is 41.6 Å². The number of nitrogens with zero attached hydrogens (tertiary/aromatic N) is 1. The minimum atomic E-state index is -3.58. The lowest BCUT2D eigenvalue weighted by molar-refractivity contribution is 0.317. The summed E-state index contributed by atoms with van der Waals surface area (Å²) in [6.45, 7) is 2.66. The lowest BCUT2D eigenvalue weighted by atomic mass is 10.3. The number of hydrogen-bond acceptors (Lipinski definition) is 4.